The zero-order valence-corrected chi connectivity index (χ0v) is 8.29. The smallest absolute Gasteiger partial charge is 0.0180 e. The summed E-state index contributed by atoms with van der Waals surface area (Å²) in [5.41, 5.74) is 5.81. The van der Waals surface area contributed by atoms with E-state index in [1.54, 1.807) is 0 Å². The molecule has 0 aromatic heterocycles. The molecule has 0 spiro atoms. The maximum absolute atomic E-state index is 5.81. The fourth-order valence-corrected chi connectivity index (χ4v) is 1.54. The average molecular weight is 171 g/mol. The first kappa shape index (κ1) is 9.96. The van der Waals surface area contributed by atoms with Gasteiger partial charge in [0.25, 0.3) is 0 Å². The molecule has 1 aliphatic heterocycles. The van der Waals surface area contributed by atoms with Gasteiger partial charge in [-0.3, -0.25) is 0 Å². The molecule has 1 unspecified atom stereocenters. The van der Waals surface area contributed by atoms with Crippen molar-refractivity contribution in [1.82, 2.24) is 9.80 Å². The molecule has 12 heavy (non-hydrogen) atoms. The van der Waals surface area contributed by atoms with E-state index in [4.69, 9.17) is 5.73 Å². The predicted molar refractivity (Wildman–Crippen MR) is 52.2 cm³/mol. The molecule has 0 saturated carbocycles. The molecule has 72 valence electrons. The Bertz CT molecular complexity index is 127. The van der Waals surface area contributed by atoms with Crippen molar-refractivity contribution in [2.45, 2.75) is 19.4 Å². The summed E-state index contributed by atoms with van der Waals surface area (Å²) >= 11 is 0. The van der Waals surface area contributed by atoms with Crippen LogP contribution in [0.25, 0.3) is 0 Å². The first-order valence-corrected chi connectivity index (χ1v) is 4.89. The van der Waals surface area contributed by atoms with Gasteiger partial charge in [-0.2, -0.15) is 0 Å². The van der Waals surface area contributed by atoms with Crippen molar-refractivity contribution in [2.75, 3.05) is 39.8 Å². The van der Waals surface area contributed by atoms with Gasteiger partial charge in [0.2, 0.25) is 0 Å². The van der Waals surface area contributed by atoms with Crippen molar-refractivity contribution in [3.63, 3.8) is 0 Å². The lowest BCUT2D eigenvalue weighted by molar-refractivity contribution is 0.262. The predicted octanol–water partition coefficient (Wildman–Crippen LogP) is -0.0289. The van der Waals surface area contributed by atoms with Crippen molar-refractivity contribution in [2.24, 2.45) is 5.73 Å². The summed E-state index contributed by atoms with van der Waals surface area (Å²) in [6, 6.07) is 0.428. The number of rotatable bonds is 4. The van der Waals surface area contributed by atoms with E-state index in [0.717, 1.165) is 13.1 Å². The summed E-state index contributed by atoms with van der Waals surface area (Å²) < 4.78 is 0. The van der Waals surface area contributed by atoms with E-state index in [1.807, 2.05) is 0 Å². The molecule has 2 N–H and O–H groups in total. The number of likely N-dealkylation sites (tertiary alicyclic amines) is 1. The number of likely N-dealkylation sites (N-methyl/N-ethyl adjacent to an activating group) is 1. The number of nitrogens with zero attached hydrogens (tertiary/aromatic N) is 2. The molecule has 1 aliphatic rings. The third kappa shape index (κ3) is 3.09. The molecule has 1 rings (SSSR count). The quantitative estimate of drug-likeness (QED) is 0.645. The second-order valence-electron chi connectivity index (χ2n) is 3.75. The van der Waals surface area contributed by atoms with Gasteiger partial charge in [-0.25, -0.2) is 0 Å². The van der Waals surface area contributed by atoms with Crippen LogP contribution in [0.3, 0.4) is 0 Å². The maximum Gasteiger partial charge on any atom is 0.0180 e. The van der Waals surface area contributed by atoms with Gasteiger partial charge in [0.1, 0.15) is 0 Å². The molecule has 0 amide bonds. The van der Waals surface area contributed by atoms with Crippen LogP contribution in [0.2, 0.25) is 0 Å². The molecule has 1 saturated heterocycles. The van der Waals surface area contributed by atoms with Crippen molar-refractivity contribution >= 4 is 0 Å². The summed E-state index contributed by atoms with van der Waals surface area (Å²) in [4.78, 5) is 4.79. The Hall–Kier alpha value is -0.120. The van der Waals surface area contributed by atoms with Crippen LogP contribution < -0.4 is 5.73 Å². The van der Waals surface area contributed by atoms with Gasteiger partial charge in [0.05, 0.1) is 0 Å². The zero-order valence-electron chi connectivity index (χ0n) is 8.29. The van der Waals surface area contributed by atoms with Crippen LogP contribution in [0.5, 0.6) is 0 Å². The molecule has 1 atom stereocenters. The summed E-state index contributed by atoms with van der Waals surface area (Å²) in [7, 11) is 2.16. The monoisotopic (exact) mass is 171 g/mol. The molecular formula is C9H21N3. The van der Waals surface area contributed by atoms with E-state index >= 15 is 0 Å². The van der Waals surface area contributed by atoms with Gasteiger partial charge >= 0.3 is 0 Å². The summed E-state index contributed by atoms with van der Waals surface area (Å²) in [5.74, 6) is 0. The highest BCUT2D eigenvalue weighted by molar-refractivity contribution is 4.77. The van der Waals surface area contributed by atoms with Crippen LogP contribution >= 0.6 is 0 Å². The Morgan fingerprint density at radius 1 is 1.58 bits per heavy atom. The highest BCUT2D eigenvalue weighted by atomic mass is 15.2. The minimum atomic E-state index is 0.428. The fourth-order valence-electron chi connectivity index (χ4n) is 1.54. The van der Waals surface area contributed by atoms with Crippen LogP contribution in [0.4, 0.5) is 0 Å². The Kier molecular flexibility index (Phi) is 3.98. The second kappa shape index (κ2) is 4.80. The molecule has 0 radical (unpaired) electrons. The van der Waals surface area contributed by atoms with Crippen molar-refractivity contribution < 1.29 is 0 Å². The first-order chi connectivity index (χ1) is 5.72. The summed E-state index contributed by atoms with van der Waals surface area (Å²) in [5, 5.41) is 0. The second-order valence-corrected chi connectivity index (χ2v) is 3.75. The van der Waals surface area contributed by atoms with Crippen LogP contribution in [0.15, 0.2) is 0 Å². The van der Waals surface area contributed by atoms with Gasteiger partial charge in [-0.15, -0.1) is 0 Å². The van der Waals surface area contributed by atoms with Gasteiger partial charge in [-0.1, -0.05) is 6.92 Å². The number of hydrogen-bond acceptors (Lipinski definition) is 3. The zero-order chi connectivity index (χ0) is 8.97. The molecule has 3 nitrogen and oxygen atoms in total. The van der Waals surface area contributed by atoms with Gasteiger partial charge < -0.3 is 15.5 Å². The lowest BCUT2D eigenvalue weighted by atomic mass is 10.3. The van der Waals surface area contributed by atoms with E-state index in [2.05, 4.69) is 23.8 Å². The SMILES string of the molecule is CCN(C)CCN1CCC(N)C1. The van der Waals surface area contributed by atoms with Crippen molar-refractivity contribution in [3.8, 4) is 0 Å². The number of hydrogen-bond donors (Lipinski definition) is 1. The van der Waals surface area contributed by atoms with Crippen molar-refractivity contribution in [3.05, 3.63) is 0 Å². The minimum absolute atomic E-state index is 0.428. The average Bonchev–Trinajstić information content (AvgIpc) is 2.47. The van der Waals surface area contributed by atoms with E-state index < -0.39 is 0 Å². The molecule has 0 aliphatic carbocycles. The highest BCUT2D eigenvalue weighted by Crippen LogP contribution is 2.05. The third-order valence-electron chi connectivity index (χ3n) is 2.65. The third-order valence-corrected chi connectivity index (χ3v) is 2.65. The number of nitrogens with two attached hydrogens (primary N) is 1. The Morgan fingerprint density at radius 2 is 2.33 bits per heavy atom. The first-order valence-electron chi connectivity index (χ1n) is 4.89. The molecule has 3 heteroatoms. The van der Waals surface area contributed by atoms with E-state index in [-0.39, 0.29) is 0 Å². The van der Waals surface area contributed by atoms with E-state index in [0.29, 0.717) is 6.04 Å². The van der Waals surface area contributed by atoms with Gasteiger partial charge in [0.15, 0.2) is 0 Å². The Morgan fingerprint density at radius 3 is 2.83 bits per heavy atom. The molecule has 0 aromatic carbocycles. The van der Waals surface area contributed by atoms with Crippen LogP contribution in [0, 0.1) is 0 Å². The van der Waals surface area contributed by atoms with Crippen molar-refractivity contribution in [1.29, 1.82) is 0 Å². The molecule has 0 bridgehead atoms. The largest absolute Gasteiger partial charge is 0.326 e. The van der Waals surface area contributed by atoms with Gasteiger partial charge in [0, 0.05) is 25.7 Å². The summed E-state index contributed by atoms with van der Waals surface area (Å²) in [6.45, 7) is 7.97. The topological polar surface area (TPSA) is 32.5 Å². The van der Waals surface area contributed by atoms with Crippen LogP contribution in [-0.4, -0.2) is 55.6 Å². The van der Waals surface area contributed by atoms with Crippen LogP contribution in [0.1, 0.15) is 13.3 Å². The molecule has 1 fully saturated rings. The van der Waals surface area contributed by atoms with Crippen LogP contribution in [-0.2, 0) is 0 Å². The highest BCUT2D eigenvalue weighted by Gasteiger charge is 2.18. The lowest BCUT2D eigenvalue weighted by Gasteiger charge is -2.19. The minimum Gasteiger partial charge on any atom is -0.326 e. The standard InChI is InChI=1S/C9H21N3/c1-3-11(2)6-7-12-5-4-9(10)8-12/h9H,3-8,10H2,1-2H3. The normalized spacial score (nSPS) is 25.5. The molecule has 0 aromatic rings. The van der Waals surface area contributed by atoms with E-state index in [9.17, 15) is 0 Å². The Labute approximate surface area is 75.5 Å². The molecular weight excluding hydrogens is 150 g/mol. The van der Waals surface area contributed by atoms with E-state index in [1.165, 1.54) is 26.1 Å². The maximum atomic E-state index is 5.81. The lowest BCUT2D eigenvalue weighted by Crippen LogP contribution is -2.33. The Balaban J connectivity index is 2.07. The fraction of sp³-hybridized carbons (Fsp3) is 1.00. The van der Waals surface area contributed by atoms with Gasteiger partial charge in [-0.05, 0) is 26.6 Å². The molecule has 1 heterocycles. The summed E-state index contributed by atoms with van der Waals surface area (Å²) in [6.07, 6.45) is 1.18.